The third kappa shape index (κ3) is 5.55. The van der Waals surface area contributed by atoms with Gasteiger partial charge < -0.3 is 14.6 Å². The van der Waals surface area contributed by atoms with Crippen LogP contribution in [-0.4, -0.2) is 41.5 Å². The molecule has 1 heterocycles. The molecule has 1 aliphatic heterocycles. The number of aliphatic hydroxyl groups is 1. The van der Waals surface area contributed by atoms with E-state index < -0.39 is 5.60 Å². The highest BCUT2D eigenvalue weighted by Gasteiger charge is 2.56. The molecule has 1 N–H and O–H groups in total. The molecule has 156 valence electrons. The van der Waals surface area contributed by atoms with Gasteiger partial charge in [0.1, 0.15) is 11.7 Å². The zero-order valence-corrected chi connectivity index (χ0v) is 17.2. The molecule has 4 rings (SSSR count). The molecule has 4 nitrogen and oxygen atoms in total. The van der Waals surface area contributed by atoms with E-state index in [0.717, 1.165) is 25.2 Å². The molecular weight excluding hydrogens is 374 g/mol. The van der Waals surface area contributed by atoms with E-state index in [1.165, 1.54) is 11.1 Å². The van der Waals surface area contributed by atoms with E-state index in [9.17, 15) is 5.11 Å². The summed E-state index contributed by atoms with van der Waals surface area (Å²) in [5.41, 5.74) is 3.06. The van der Waals surface area contributed by atoms with E-state index >= 15 is 0 Å². The van der Waals surface area contributed by atoms with Crippen LogP contribution in [0.15, 0.2) is 91.0 Å². The van der Waals surface area contributed by atoms with Gasteiger partial charge in [0.15, 0.2) is 0 Å². The Balaban J connectivity index is 1.36. The summed E-state index contributed by atoms with van der Waals surface area (Å²) < 4.78 is 11.9. The number of epoxide rings is 1. The molecule has 1 fully saturated rings. The van der Waals surface area contributed by atoms with E-state index in [1.54, 1.807) is 0 Å². The van der Waals surface area contributed by atoms with Gasteiger partial charge in [-0.1, -0.05) is 91.0 Å². The van der Waals surface area contributed by atoms with Crippen molar-refractivity contribution in [2.24, 2.45) is 0 Å². The van der Waals surface area contributed by atoms with Crippen molar-refractivity contribution < 1.29 is 14.6 Å². The fraction of sp³-hybridized carbons (Fsp3) is 0.308. The van der Waals surface area contributed by atoms with Crippen molar-refractivity contribution in [1.29, 1.82) is 0 Å². The summed E-state index contributed by atoms with van der Waals surface area (Å²) in [5.74, 6) is 0. The topological polar surface area (TPSA) is 45.2 Å². The lowest BCUT2D eigenvalue weighted by Gasteiger charge is -2.23. The quantitative estimate of drug-likeness (QED) is 0.491. The first-order valence-electron chi connectivity index (χ1n) is 10.5. The molecule has 30 heavy (non-hydrogen) atoms. The average Bonchev–Trinajstić information content (AvgIpc) is 3.48. The highest BCUT2D eigenvalue weighted by atomic mass is 16.6. The second kappa shape index (κ2) is 10.0. The van der Waals surface area contributed by atoms with Gasteiger partial charge >= 0.3 is 0 Å². The zero-order valence-electron chi connectivity index (χ0n) is 17.2. The maximum atomic E-state index is 9.99. The number of nitrogens with zero attached hydrogens (tertiary/aromatic N) is 1. The van der Waals surface area contributed by atoms with Gasteiger partial charge in [-0.2, -0.15) is 0 Å². The van der Waals surface area contributed by atoms with Gasteiger partial charge in [0.25, 0.3) is 0 Å². The third-order valence-corrected chi connectivity index (χ3v) is 5.55. The number of hydrogen-bond acceptors (Lipinski definition) is 4. The van der Waals surface area contributed by atoms with Gasteiger partial charge in [0.2, 0.25) is 0 Å². The van der Waals surface area contributed by atoms with Crippen molar-refractivity contribution in [3.05, 3.63) is 108 Å². The molecule has 0 aromatic heterocycles. The smallest absolute Gasteiger partial charge is 0.142 e. The number of hydrogen-bond donors (Lipinski definition) is 1. The normalized spacial score (nSPS) is 20.4. The fourth-order valence-electron chi connectivity index (χ4n) is 3.78. The SMILES string of the molecule is OC[C@]1(COCc2ccccc2)O[C@H]1CN(Cc1ccccc1)Cc1ccccc1. The first-order valence-corrected chi connectivity index (χ1v) is 10.5. The van der Waals surface area contributed by atoms with E-state index in [0.29, 0.717) is 13.2 Å². The summed E-state index contributed by atoms with van der Waals surface area (Å²) in [6.07, 6.45) is -0.0364. The lowest BCUT2D eigenvalue weighted by molar-refractivity contribution is 0.0411. The fourth-order valence-corrected chi connectivity index (χ4v) is 3.78. The van der Waals surface area contributed by atoms with Crippen LogP contribution in [0, 0.1) is 0 Å². The summed E-state index contributed by atoms with van der Waals surface area (Å²) >= 11 is 0. The van der Waals surface area contributed by atoms with Gasteiger partial charge in [-0.3, -0.25) is 4.90 Å². The van der Waals surface area contributed by atoms with Gasteiger partial charge in [-0.05, 0) is 16.7 Å². The summed E-state index contributed by atoms with van der Waals surface area (Å²) in [6.45, 7) is 3.31. The molecule has 0 unspecified atom stereocenters. The van der Waals surface area contributed by atoms with Crippen LogP contribution in [0.25, 0.3) is 0 Å². The van der Waals surface area contributed by atoms with Gasteiger partial charge in [0, 0.05) is 19.6 Å². The maximum Gasteiger partial charge on any atom is 0.142 e. The molecule has 0 amide bonds. The van der Waals surface area contributed by atoms with Crippen LogP contribution in [0.2, 0.25) is 0 Å². The highest BCUT2D eigenvalue weighted by Crippen LogP contribution is 2.37. The van der Waals surface area contributed by atoms with Gasteiger partial charge in [0.05, 0.1) is 19.8 Å². The van der Waals surface area contributed by atoms with Crippen molar-refractivity contribution in [3.63, 3.8) is 0 Å². The van der Waals surface area contributed by atoms with Crippen LogP contribution in [0.1, 0.15) is 16.7 Å². The third-order valence-electron chi connectivity index (χ3n) is 5.55. The van der Waals surface area contributed by atoms with Crippen molar-refractivity contribution in [1.82, 2.24) is 4.90 Å². The molecular formula is C26H29NO3. The molecule has 0 spiro atoms. The minimum atomic E-state index is -0.597. The average molecular weight is 404 g/mol. The van der Waals surface area contributed by atoms with Crippen molar-refractivity contribution in [2.45, 2.75) is 31.4 Å². The van der Waals surface area contributed by atoms with E-state index in [-0.39, 0.29) is 12.7 Å². The Kier molecular flexibility index (Phi) is 6.92. The van der Waals surface area contributed by atoms with Crippen LogP contribution in [-0.2, 0) is 29.2 Å². The predicted octanol–water partition coefficient (Wildman–Crippen LogP) is 4.04. The Bertz CT molecular complexity index is 846. The Morgan fingerprint density at radius 1 is 0.767 bits per heavy atom. The van der Waals surface area contributed by atoms with E-state index in [4.69, 9.17) is 9.47 Å². The molecule has 1 aliphatic rings. The first kappa shape index (κ1) is 20.8. The van der Waals surface area contributed by atoms with Crippen LogP contribution < -0.4 is 0 Å². The maximum absolute atomic E-state index is 9.99. The molecule has 3 aromatic rings. The van der Waals surface area contributed by atoms with Crippen molar-refractivity contribution in [3.8, 4) is 0 Å². The summed E-state index contributed by atoms with van der Waals surface area (Å²) in [4.78, 5) is 2.38. The largest absolute Gasteiger partial charge is 0.393 e. The summed E-state index contributed by atoms with van der Waals surface area (Å²) in [5, 5.41) is 9.99. The van der Waals surface area contributed by atoms with Crippen molar-refractivity contribution in [2.75, 3.05) is 19.8 Å². The number of ether oxygens (including phenoxy) is 2. The minimum Gasteiger partial charge on any atom is -0.393 e. The summed E-state index contributed by atoms with van der Waals surface area (Å²) in [7, 11) is 0. The monoisotopic (exact) mass is 403 g/mol. The van der Waals surface area contributed by atoms with Crippen LogP contribution >= 0.6 is 0 Å². The van der Waals surface area contributed by atoms with Crippen LogP contribution in [0.3, 0.4) is 0 Å². The Hall–Kier alpha value is -2.50. The van der Waals surface area contributed by atoms with E-state index in [1.807, 2.05) is 42.5 Å². The predicted molar refractivity (Wildman–Crippen MR) is 118 cm³/mol. The van der Waals surface area contributed by atoms with Gasteiger partial charge in [-0.15, -0.1) is 0 Å². The zero-order chi connectivity index (χ0) is 20.7. The van der Waals surface area contributed by atoms with Crippen molar-refractivity contribution >= 4 is 0 Å². The number of rotatable bonds is 11. The second-order valence-electron chi connectivity index (χ2n) is 7.95. The Morgan fingerprint density at radius 2 is 1.27 bits per heavy atom. The lowest BCUT2D eigenvalue weighted by Crippen LogP contribution is -2.34. The summed E-state index contributed by atoms with van der Waals surface area (Å²) in [6, 6.07) is 31.0. The Morgan fingerprint density at radius 3 is 1.77 bits per heavy atom. The molecule has 0 saturated carbocycles. The van der Waals surface area contributed by atoms with Gasteiger partial charge in [-0.25, -0.2) is 0 Å². The molecule has 1 saturated heterocycles. The standard InChI is InChI=1S/C26H29NO3/c28-20-26(21-29-19-24-14-8-3-9-15-24)25(30-26)18-27(16-22-10-4-1-5-11-22)17-23-12-6-2-7-13-23/h1-15,25,28H,16-21H2/t25-,26+/m0/s1. The highest BCUT2D eigenvalue weighted by molar-refractivity contribution is 5.18. The minimum absolute atomic E-state index is 0.0308. The molecule has 2 atom stereocenters. The Labute approximate surface area is 178 Å². The molecule has 0 radical (unpaired) electrons. The molecule has 0 aliphatic carbocycles. The lowest BCUT2D eigenvalue weighted by atomic mass is 10.1. The molecule has 4 heteroatoms. The van der Waals surface area contributed by atoms with Crippen LogP contribution in [0.5, 0.6) is 0 Å². The number of aliphatic hydroxyl groups excluding tert-OH is 1. The molecule has 0 bridgehead atoms. The second-order valence-corrected chi connectivity index (χ2v) is 7.95. The first-order chi connectivity index (χ1) is 14.8. The number of benzene rings is 3. The molecule has 3 aromatic carbocycles. The van der Waals surface area contributed by atoms with Crippen LogP contribution in [0.4, 0.5) is 0 Å². The van der Waals surface area contributed by atoms with E-state index in [2.05, 4.69) is 53.4 Å².